The Morgan fingerprint density at radius 1 is 0.182 bits per heavy atom. The molecule has 88 heavy (non-hydrogen) atoms. The summed E-state index contributed by atoms with van der Waals surface area (Å²) < 4.78 is 5.38. The van der Waals surface area contributed by atoms with Gasteiger partial charge in [0.2, 0.25) is 0 Å². The van der Waals surface area contributed by atoms with E-state index < -0.39 is 0 Å². The lowest BCUT2D eigenvalue weighted by Crippen LogP contribution is -2.16. The fourth-order valence-corrected chi connectivity index (χ4v) is 14.0. The zero-order valence-corrected chi connectivity index (χ0v) is 57.8. The van der Waals surface area contributed by atoms with Gasteiger partial charge in [0.1, 0.15) is 0 Å². The molecular formula is C86H96N2. The lowest BCUT2D eigenvalue weighted by Gasteiger charge is -2.26. The van der Waals surface area contributed by atoms with Gasteiger partial charge in [-0.15, -0.1) is 0 Å². The fraction of sp³-hybridized carbons (Fsp3) is 0.372. The molecule has 0 saturated carbocycles. The van der Waals surface area contributed by atoms with Gasteiger partial charge in [-0.3, -0.25) is 0 Å². The van der Waals surface area contributed by atoms with Crippen molar-refractivity contribution in [2.45, 2.75) is 209 Å². The lowest BCUT2D eigenvalue weighted by atomic mass is 9.79. The van der Waals surface area contributed by atoms with Crippen LogP contribution in [-0.2, 0) is 43.3 Å². The quantitative estimate of drug-likeness (QED) is 0.166. The maximum absolute atomic E-state index is 2.69. The topological polar surface area (TPSA) is 8.82 Å². The highest BCUT2D eigenvalue weighted by Gasteiger charge is 2.32. The molecule has 0 saturated heterocycles. The first-order valence-electron chi connectivity index (χ1n) is 32.7. The SMILES string of the molecule is CC(C)(C)c1cc(-c2ccc3c4c5c6ccc(-c7cc(C(C)(C)C)cc(C(C)(C)C)c7)cc6n6c7cc(-c8cc(C(C)(C)C)cc(C(C)(C)C)c8)ccc7c(c7c8ccc(-c9cc(C(C)(C)C)cc(C(C)(C)C)c9)cc8n(c3c2)c47)c56)cc(C(C)(C)C)c1. The molecule has 0 bridgehead atoms. The van der Waals surface area contributed by atoms with Crippen molar-refractivity contribution in [2.75, 3.05) is 0 Å². The summed E-state index contributed by atoms with van der Waals surface area (Å²) >= 11 is 0. The van der Waals surface area contributed by atoms with Crippen molar-refractivity contribution in [3.8, 4) is 44.5 Å². The first-order valence-corrected chi connectivity index (χ1v) is 32.7. The van der Waals surface area contributed by atoms with Crippen molar-refractivity contribution in [3.05, 3.63) is 190 Å². The maximum Gasteiger partial charge on any atom is 0.0634 e. The molecule has 0 N–H and O–H groups in total. The summed E-state index contributed by atoms with van der Waals surface area (Å²) in [5.41, 5.74) is 28.4. The molecule has 0 aliphatic rings. The number of nitrogens with zero attached hydrogens (tertiary/aromatic N) is 2. The highest BCUT2D eigenvalue weighted by molar-refractivity contribution is 6.45. The fourth-order valence-electron chi connectivity index (χ4n) is 14.0. The third-order valence-corrected chi connectivity index (χ3v) is 19.9. The summed E-state index contributed by atoms with van der Waals surface area (Å²) in [6, 6.07) is 59.3. The molecule has 0 atom stereocenters. The van der Waals surface area contributed by atoms with Crippen LogP contribution in [0.3, 0.4) is 0 Å². The molecule has 0 radical (unpaired) electrons. The Labute approximate surface area is 526 Å². The molecule has 0 unspecified atom stereocenters. The van der Waals surface area contributed by atoms with Crippen LogP contribution in [0.1, 0.15) is 211 Å². The molecule has 0 aliphatic carbocycles. The zero-order valence-electron chi connectivity index (χ0n) is 57.8. The molecule has 0 fully saturated rings. The third-order valence-electron chi connectivity index (χ3n) is 19.9. The molecule has 4 aromatic heterocycles. The highest BCUT2D eigenvalue weighted by Crippen LogP contribution is 2.54. The average molecular weight is 1160 g/mol. The second-order valence-electron chi connectivity index (χ2n) is 35.0. The van der Waals surface area contributed by atoms with Gasteiger partial charge >= 0.3 is 0 Å². The van der Waals surface area contributed by atoms with Crippen molar-refractivity contribution in [1.29, 1.82) is 0 Å². The first-order chi connectivity index (χ1) is 40.6. The van der Waals surface area contributed by atoms with E-state index in [2.05, 4.69) is 321 Å². The summed E-state index contributed by atoms with van der Waals surface area (Å²) in [6.07, 6.45) is 0. The van der Waals surface area contributed by atoms with Crippen LogP contribution in [0.2, 0.25) is 0 Å². The van der Waals surface area contributed by atoms with Crippen LogP contribution in [0, 0.1) is 0 Å². The van der Waals surface area contributed by atoms with Crippen molar-refractivity contribution < 1.29 is 0 Å². The van der Waals surface area contributed by atoms with E-state index in [0.29, 0.717) is 0 Å². The van der Waals surface area contributed by atoms with E-state index in [9.17, 15) is 0 Å². The van der Waals surface area contributed by atoms with Gasteiger partial charge in [-0.1, -0.05) is 287 Å². The molecule has 2 heteroatoms. The van der Waals surface area contributed by atoms with Gasteiger partial charge in [0.15, 0.2) is 0 Å². The van der Waals surface area contributed by atoms with Crippen LogP contribution in [-0.4, -0.2) is 8.80 Å². The molecule has 0 aliphatic heterocycles. The van der Waals surface area contributed by atoms with Gasteiger partial charge in [0.05, 0.1) is 33.1 Å². The van der Waals surface area contributed by atoms with Crippen molar-refractivity contribution >= 4 is 76.2 Å². The standard InChI is InChI=1S/C86H96N2/c1-79(2,3)57-33-53(34-58(45-57)80(4,5)6)49-25-29-65-69(41-49)87-70-42-50(54-35-59(81(7,8)9)46-60(36-54)82(10,11)12)26-30-66(70)75-76-68-32-28-52(56-39-63(85(19,20)21)48-64(40-56)86(22,23)24)44-72(68)88-71-43-51(27-31-67(71)74(78(76)88)73(65)77(75)87)55-37-61(83(13,14)15)47-62(38-55)84(16,17)18/h25-48H,1-24H3. The monoisotopic (exact) mass is 1160 g/mol. The minimum Gasteiger partial charge on any atom is -0.308 e. The Balaban J connectivity index is 1.21. The molecule has 0 amide bonds. The lowest BCUT2D eigenvalue weighted by molar-refractivity contribution is 0.568. The predicted octanol–water partition coefficient (Wildman–Crippen LogP) is 25.0. The maximum atomic E-state index is 2.69. The van der Waals surface area contributed by atoms with Gasteiger partial charge in [-0.05, 0) is 157 Å². The number of rotatable bonds is 4. The van der Waals surface area contributed by atoms with Crippen LogP contribution >= 0.6 is 0 Å². The number of benzene rings is 9. The molecular weight excluding hydrogens is 1060 g/mol. The molecule has 0 spiro atoms. The molecule has 2 nitrogen and oxygen atoms in total. The Morgan fingerprint density at radius 2 is 0.341 bits per heavy atom. The predicted molar refractivity (Wildman–Crippen MR) is 387 cm³/mol. The zero-order chi connectivity index (χ0) is 63.4. The minimum absolute atomic E-state index is 0.0175. The first kappa shape index (κ1) is 59.5. The van der Waals surface area contributed by atoms with Crippen LogP contribution in [0.15, 0.2) is 146 Å². The Hall–Kier alpha value is -7.42. The second kappa shape index (κ2) is 19.1. The molecule has 9 aromatic carbocycles. The van der Waals surface area contributed by atoms with Crippen molar-refractivity contribution in [1.82, 2.24) is 8.80 Å². The summed E-state index contributed by atoms with van der Waals surface area (Å²) in [5, 5.41) is 10.5. The molecule has 13 aromatic rings. The molecule has 4 heterocycles. The van der Waals surface area contributed by atoms with Crippen LogP contribution < -0.4 is 0 Å². The van der Waals surface area contributed by atoms with Crippen molar-refractivity contribution in [3.63, 3.8) is 0 Å². The van der Waals surface area contributed by atoms with Gasteiger partial charge in [-0.2, -0.15) is 0 Å². The Bertz CT molecular complexity index is 4240. The largest absolute Gasteiger partial charge is 0.308 e. The third kappa shape index (κ3) is 9.72. The number of hydrogen-bond acceptors (Lipinski definition) is 0. The average Bonchev–Trinajstić information content (AvgIpc) is 1.49. The molecule has 450 valence electrons. The van der Waals surface area contributed by atoms with E-state index in [4.69, 9.17) is 0 Å². The summed E-state index contributed by atoms with van der Waals surface area (Å²) in [6.45, 7) is 56.4. The van der Waals surface area contributed by atoms with Gasteiger partial charge < -0.3 is 8.80 Å². The summed E-state index contributed by atoms with van der Waals surface area (Å²) in [4.78, 5) is 0. The molecule has 13 rings (SSSR count). The number of fused-ring (bicyclic) bond motifs is 14. The summed E-state index contributed by atoms with van der Waals surface area (Å²) in [7, 11) is 0. The number of aromatic nitrogens is 2. The van der Waals surface area contributed by atoms with E-state index in [-0.39, 0.29) is 43.3 Å². The van der Waals surface area contributed by atoms with E-state index in [1.165, 1.54) is 165 Å². The van der Waals surface area contributed by atoms with Crippen LogP contribution in [0.5, 0.6) is 0 Å². The van der Waals surface area contributed by atoms with E-state index >= 15 is 0 Å². The highest BCUT2D eigenvalue weighted by atomic mass is 14.9. The Morgan fingerprint density at radius 3 is 0.489 bits per heavy atom. The van der Waals surface area contributed by atoms with Crippen LogP contribution in [0.25, 0.3) is 121 Å². The van der Waals surface area contributed by atoms with Gasteiger partial charge in [0.25, 0.3) is 0 Å². The Kier molecular flexibility index (Phi) is 12.9. The van der Waals surface area contributed by atoms with E-state index in [0.717, 1.165) is 0 Å². The van der Waals surface area contributed by atoms with Gasteiger partial charge in [-0.25, -0.2) is 0 Å². The number of hydrogen-bond donors (Lipinski definition) is 0. The van der Waals surface area contributed by atoms with Gasteiger partial charge in [0, 0.05) is 43.1 Å². The second-order valence-corrected chi connectivity index (χ2v) is 35.0. The smallest absolute Gasteiger partial charge is 0.0634 e. The van der Waals surface area contributed by atoms with Crippen molar-refractivity contribution in [2.24, 2.45) is 0 Å². The van der Waals surface area contributed by atoms with E-state index in [1.54, 1.807) is 0 Å². The summed E-state index contributed by atoms with van der Waals surface area (Å²) in [5.74, 6) is 0. The van der Waals surface area contributed by atoms with E-state index in [1.807, 2.05) is 0 Å². The minimum atomic E-state index is -0.0175. The normalized spacial score (nSPS) is 13.9. The van der Waals surface area contributed by atoms with Crippen LogP contribution in [0.4, 0.5) is 0 Å².